The minimum Gasteiger partial charge on any atom is -0.481 e. The van der Waals surface area contributed by atoms with Crippen molar-refractivity contribution in [2.45, 2.75) is 26.4 Å². The van der Waals surface area contributed by atoms with Crippen LogP contribution in [0.25, 0.3) is 0 Å². The van der Waals surface area contributed by atoms with Gasteiger partial charge >= 0.3 is 5.97 Å². The largest absolute Gasteiger partial charge is 0.481 e. The number of hydrogen-bond acceptors (Lipinski definition) is 3. The summed E-state index contributed by atoms with van der Waals surface area (Å²) in [6.07, 6.45) is -0.894. The van der Waals surface area contributed by atoms with Crippen LogP contribution in [-0.4, -0.2) is 34.0 Å². The third-order valence-corrected chi connectivity index (χ3v) is 2.13. The molecule has 3 N–H and O–H groups in total. The van der Waals surface area contributed by atoms with Gasteiger partial charge in [-0.3, -0.25) is 4.79 Å². The molecule has 0 bridgehead atoms. The van der Waals surface area contributed by atoms with Crippen LogP contribution in [0, 0.1) is 5.41 Å². The zero-order chi connectivity index (χ0) is 9.07. The molecule has 0 amide bonds. The highest BCUT2D eigenvalue weighted by Crippen LogP contribution is 2.25. The third-order valence-electron chi connectivity index (χ3n) is 2.13. The van der Waals surface area contributed by atoms with Crippen molar-refractivity contribution in [1.29, 1.82) is 0 Å². The van der Waals surface area contributed by atoms with E-state index in [0.29, 0.717) is 6.42 Å². The fraction of sp³-hybridized carbons (Fsp3) is 0.857. The van der Waals surface area contributed by atoms with Gasteiger partial charge in [-0.1, -0.05) is 6.92 Å². The van der Waals surface area contributed by atoms with Gasteiger partial charge in [0.2, 0.25) is 0 Å². The van der Waals surface area contributed by atoms with Crippen LogP contribution < -0.4 is 0 Å². The van der Waals surface area contributed by atoms with Crippen LogP contribution in [0.15, 0.2) is 0 Å². The molecule has 0 aromatic carbocycles. The van der Waals surface area contributed by atoms with Crippen molar-refractivity contribution in [2.24, 2.45) is 5.41 Å². The molecule has 0 aliphatic heterocycles. The highest BCUT2D eigenvalue weighted by atomic mass is 16.4. The summed E-state index contributed by atoms with van der Waals surface area (Å²) < 4.78 is 0. The number of aliphatic carboxylic acids is 1. The maximum Gasteiger partial charge on any atom is 0.312 e. The molecule has 0 radical (unpaired) electrons. The van der Waals surface area contributed by atoms with Crippen LogP contribution in [-0.2, 0) is 4.79 Å². The van der Waals surface area contributed by atoms with Crippen LogP contribution in [0.3, 0.4) is 0 Å². The van der Waals surface area contributed by atoms with E-state index in [4.69, 9.17) is 15.3 Å². The zero-order valence-electron chi connectivity index (χ0n) is 6.74. The van der Waals surface area contributed by atoms with E-state index in [1.807, 2.05) is 0 Å². The Morgan fingerprint density at radius 2 is 2.09 bits per heavy atom. The normalized spacial score (nSPS) is 18.9. The summed E-state index contributed by atoms with van der Waals surface area (Å²) in [7, 11) is 0. The molecule has 0 rings (SSSR count). The summed E-state index contributed by atoms with van der Waals surface area (Å²) in [6, 6.07) is 0. The topological polar surface area (TPSA) is 77.8 Å². The van der Waals surface area contributed by atoms with Gasteiger partial charge in [-0.25, -0.2) is 0 Å². The molecule has 4 heteroatoms. The molecule has 2 atom stereocenters. The Balaban J connectivity index is 4.45. The van der Waals surface area contributed by atoms with Crippen molar-refractivity contribution in [1.82, 2.24) is 0 Å². The molecule has 0 saturated heterocycles. The van der Waals surface area contributed by atoms with Crippen molar-refractivity contribution in [2.75, 3.05) is 6.61 Å². The van der Waals surface area contributed by atoms with E-state index >= 15 is 0 Å². The average molecular weight is 162 g/mol. The summed E-state index contributed by atoms with van der Waals surface area (Å²) in [4.78, 5) is 10.6. The minimum atomic E-state index is -1.23. The Labute approximate surface area is 65.5 Å². The van der Waals surface area contributed by atoms with Gasteiger partial charge in [0.05, 0.1) is 18.1 Å². The van der Waals surface area contributed by atoms with Crippen molar-refractivity contribution >= 4 is 5.97 Å². The van der Waals surface area contributed by atoms with Crippen molar-refractivity contribution in [3.05, 3.63) is 0 Å². The van der Waals surface area contributed by atoms with E-state index in [1.165, 1.54) is 6.92 Å². The Kier molecular flexibility index (Phi) is 3.48. The number of carboxylic acids is 1. The lowest BCUT2D eigenvalue weighted by molar-refractivity contribution is -0.157. The van der Waals surface area contributed by atoms with E-state index in [1.54, 1.807) is 6.92 Å². The second-order valence-corrected chi connectivity index (χ2v) is 2.77. The first-order valence-electron chi connectivity index (χ1n) is 3.51. The molecule has 0 aromatic heterocycles. The number of carbonyl (C=O) groups is 1. The van der Waals surface area contributed by atoms with E-state index in [0.717, 1.165) is 0 Å². The lowest BCUT2D eigenvalue weighted by Gasteiger charge is -2.27. The number of carboxylic acid groups (broad SMARTS) is 1. The SMILES string of the molecule is CCC(C)(C(=O)O)C(O)CO. The van der Waals surface area contributed by atoms with Crippen molar-refractivity contribution in [3.63, 3.8) is 0 Å². The first-order valence-corrected chi connectivity index (χ1v) is 3.51. The summed E-state index contributed by atoms with van der Waals surface area (Å²) in [5.74, 6) is -1.08. The van der Waals surface area contributed by atoms with Crippen LogP contribution >= 0.6 is 0 Å². The third kappa shape index (κ3) is 1.91. The molecule has 0 aliphatic carbocycles. The minimum absolute atomic E-state index is 0.296. The van der Waals surface area contributed by atoms with E-state index in [2.05, 4.69) is 0 Å². The highest BCUT2D eigenvalue weighted by molar-refractivity contribution is 5.74. The van der Waals surface area contributed by atoms with E-state index in [9.17, 15) is 4.79 Å². The fourth-order valence-electron chi connectivity index (χ4n) is 0.731. The summed E-state index contributed by atoms with van der Waals surface area (Å²) >= 11 is 0. The molecule has 4 nitrogen and oxygen atoms in total. The fourth-order valence-corrected chi connectivity index (χ4v) is 0.731. The Hall–Kier alpha value is -0.610. The maximum absolute atomic E-state index is 10.6. The lowest BCUT2D eigenvalue weighted by atomic mass is 9.82. The standard InChI is InChI=1S/C7H14O4/c1-3-7(2,6(10)11)5(9)4-8/h5,8-9H,3-4H2,1-2H3,(H,10,11). The van der Waals surface area contributed by atoms with Gasteiger partial charge < -0.3 is 15.3 Å². The van der Waals surface area contributed by atoms with E-state index < -0.39 is 24.1 Å². The van der Waals surface area contributed by atoms with Crippen LogP contribution in [0.5, 0.6) is 0 Å². The molecular weight excluding hydrogens is 148 g/mol. The second-order valence-electron chi connectivity index (χ2n) is 2.77. The Morgan fingerprint density at radius 1 is 1.64 bits per heavy atom. The van der Waals surface area contributed by atoms with E-state index in [-0.39, 0.29) is 0 Å². The van der Waals surface area contributed by atoms with Crippen LogP contribution in [0.2, 0.25) is 0 Å². The molecule has 66 valence electrons. The molecule has 0 saturated carbocycles. The van der Waals surface area contributed by atoms with Gasteiger partial charge in [0.15, 0.2) is 0 Å². The zero-order valence-corrected chi connectivity index (χ0v) is 6.74. The monoisotopic (exact) mass is 162 g/mol. The van der Waals surface area contributed by atoms with Crippen molar-refractivity contribution < 1.29 is 20.1 Å². The number of aliphatic hydroxyl groups excluding tert-OH is 2. The smallest absolute Gasteiger partial charge is 0.312 e. The Morgan fingerprint density at radius 3 is 2.18 bits per heavy atom. The van der Waals surface area contributed by atoms with Gasteiger partial charge in [-0.15, -0.1) is 0 Å². The first kappa shape index (κ1) is 10.4. The molecule has 0 heterocycles. The summed E-state index contributed by atoms with van der Waals surface area (Å²) in [5.41, 5.74) is -1.23. The molecule has 11 heavy (non-hydrogen) atoms. The molecule has 2 unspecified atom stereocenters. The van der Waals surface area contributed by atoms with Gasteiger partial charge in [0.1, 0.15) is 0 Å². The molecule has 0 aliphatic rings. The van der Waals surface area contributed by atoms with Gasteiger partial charge in [-0.2, -0.15) is 0 Å². The summed E-state index contributed by atoms with van der Waals surface area (Å²) in [6.45, 7) is 2.56. The lowest BCUT2D eigenvalue weighted by Crippen LogP contribution is -2.41. The quantitative estimate of drug-likeness (QED) is 0.536. The second kappa shape index (κ2) is 3.69. The molecule has 0 aromatic rings. The van der Waals surface area contributed by atoms with Gasteiger partial charge in [0, 0.05) is 0 Å². The predicted molar refractivity (Wildman–Crippen MR) is 39.1 cm³/mol. The van der Waals surface area contributed by atoms with Crippen molar-refractivity contribution in [3.8, 4) is 0 Å². The number of aliphatic hydroxyl groups is 2. The van der Waals surface area contributed by atoms with Crippen LogP contribution in [0.1, 0.15) is 20.3 Å². The maximum atomic E-state index is 10.6. The number of hydrogen-bond donors (Lipinski definition) is 3. The number of rotatable bonds is 4. The predicted octanol–water partition coefficient (Wildman–Crippen LogP) is -0.160. The van der Waals surface area contributed by atoms with Gasteiger partial charge in [-0.05, 0) is 13.3 Å². The molecule has 0 spiro atoms. The highest BCUT2D eigenvalue weighted by Gasteiger charge is 2.38. The summed E-state index contributed by atoms with van der Waals surface area (Å²) in [5, 5.41) is 26.3. The molecule has 0 fully saturated rings. The average Bonchev–Trinajstić information content (AvgIpc) is 2.01. The molecular formula is C7H14O4. The van der Waals surface area contributed by atoms with Gasteiger partial charge in [0.25, 0.3) is 0 Å². The van der Waals surface area contributed by atoms with Crippen LogP contribution in [0.4, 0.5) is 0 Å². The Bertz CT molecular complexity index is 145. The first-order chi connectivity index (χ1) is 4.99.